The number of fused-ring (bicyclic) bond motifs is 1. The third kappa shape index (κ3) is 3.74. The smallest absolute Gasteiger partial charge is 0.224 e. The molecule has 2 aromatic carbocycles. The number of hydrogen-bond donors (Lipinski definition) is 1. The van der Waals surface area contributed by atoms with Crippen LogP contribution in [0.3, 0.4) is 0 Å². The Morgan fingerprint density at radius 3 is 2.75 bits per heavy atom. The minimum Gasteiger partial charge on any atom is -0.486 e. The summed E-state index contributed by atoms with van der Waals surface area (Å²) < 4.78 is 24.6. The van der Waals surface area contributed by atoms with Crippen LogP contribution in [0.1, 0.15) is 11.1 Å². The molecule has 1 amide bonds. The van der Waals surface area contributed by atoms with Crippen LogP contribution in [-0.4, -0.2) is 19.1 Å². The van der Waals surface area contributed by atoms with Crippen LogP contribution in [0.15, 0.2) is 30.3 Å². The maximum atomic E-state index is 13.7. The van der Waals surface area contributed by atoms with E-state index in [9.17, 15) is 9.18 Å². The fraction of sp³-hybridized carbons (Fsp3) is 0.235. The predicted molar refractivity (Wildman–Crippen MR) is 89.4 cm³/mol. The number of carbonyl (C=O) groups excluding carboxylic acids is 1. The van der Waals surface area contributed by atoms with Gasteiger partial charge in [0.2, 0.25) is 5.91 Å². The first-order chi connectivity index (χ1) is 11.5. The van der Waals surface area contributed by atoms with Crippen molar-refractivity contribution in [2.24, 2.45) is 0 Å². The number of amides is 1. The standard InChI is InChI=1S/C17H14Cl2FNO3/c18-12-2-1-3-14(20)11(12)8-16(22)21-9-10-6-13(19)17-15(7-10)23-4-5-24-17/h1-3,6-7H,4-5,8-9H2,(H,21,22). The zero-order valence-electron chi connectivity index (χ0n) is 12.6. The highest BCUT2D eigenvalue weighted by molar-refractivity contribution is 6.32. The molecule has 0 aromatic heterocycles. The van der Waals surface area contributed by atoms with Crippen molar-refractivity contribution >= 4 is 29.1 Å². The van der Waals surface area contributed by atoms with E-state index in [1.54, 1.807) is 18.2 Å². The second-order valence-electron chi connectivity index (χ2n) is 5.26. The summed E-state index contributed by atoms with van der Waals surface area (Å²) in [5.41, 5.74) is 0.939. The first-order valence-corrected chi connectivity index (χ1v) is 8.08. The van der Waals surface area contributed by atoms with Gasteiger partial charge in [0, 0.05) is 17.1 Å². The monoisotopic (exact) mass is 369 g/mol. The van der Waals surface area contributed by atoms with E-state index >= 15 is 0 Å². The first kappa shape index (κ1) is 16.9. The average Bonchev–Trinajstić information content (AvgIpc) is 2.56. The molecule has 1 heterocycles. The molecule has 0 atom stereocenters. The first-order valence-electron chi connectivity index (χ1n) is 7.32. The van der Waals surface area contributed by atoms with E-state index in [0.29, 0.717) is 29.7 Å². The van der Waals surface area contributed by atoms with E-state index in [0.717, 1.165) is 5.56 Å². The third-order valence-electron chi connectivity index (χ3n) is 3.55. The summed E-state index contributed by atoms with van der Waals surface area (Å²) >= 11 is 12.1. The molecule has 126 valence electrons. The van der Waals surface area contributed by atoms with E-state index in [4.69, 9.17) is 32.7 Å². The number of rotatable bonds is 4. The van der Waals surface area contributed by atoms with Crippen LogP contribution in [0.5, 0.6) is 11.5 Å². The molecule has 0 fully saturated rings. The lowest BCUT2D eigenvalue weighted by Gasteiger charge is -2.20. The molecule has 2 aromatic rings. The lowest BCUT2D eigenvalue weighted by Crippen LogP contribution is -2.25. The highest BCUT2D eigenvalue weighted by Crippen LogP contribution is 2.38. The molecule has 1 aliphatic rings. The van der Waals surface area contributed by atoms with Crippen LogP contribution in [0.4, 0.5) is 4.39 Å². The number of hydrogen-bond acceptors (Lipinski definition) is 3. The Hall–Kier alpha value is -1.98. The Bertz CT molecular complexity index is 762. The molecule has 0 bridgehead atoms. The molecular formula is C17H14Cl2FNO3. The Kier molecular flexibility index (Phi) is 5.11. The molecule has 0 unspecified atom stereocenters. The second kappa shape index (κ2) is 7.28. The van der Waals surface area contributed by atoms with E-state index in [2.05, 4.69) is 5.32 Å². The Morgan fingerprint density at radius 2 is 1.96 bits per heavy atom. The van der Waals surface area contributed by atoms with Gasteiger partial charge >= 0.3 is 0 Å². The Morgan fingerprint density at radius 1 is 1.17 bits per heavy atom. The Balaban J connectivity index is 1.65. The van der Waals surface area contributed by atoms with E-state index in [-0.39, 0.29) is 29.5 Å². The molecule has 0 aliphatic carbocycles. The molecule has 0 radical (unpaired) electrons. The summed E-state index contributed by atoms with van der Waals surface area (Å²) in [5, 5.41) is 3.37. The number of halogens is 3. The van der Waals surface area contributed by atoms with Gasteiger partial charge in [-0.15, -0.1) is 0 Å². The minimum absolute atomic E-state index is 0.135. The summed E-state index contributed by atoms with van der Waals surface area (Å²) in [6, 6.07) is 7.78. The average molecular weight is 370 g/mol. The lowest BCUT2D eigenvalue weighted by molar-refractivity contribution is -0.120. The van der Waals surface area contributed by atoms with Crippen LogP contribution in [0.2, 0.25) is 10.0 Å². The molecule has 1 aliphatic heterocycles. The van der Waals surface area contributed by atoms with Crippen molar-refractivity contribution in [3.63, 3.8) is 0 Å². The van der Waals surface area contributed by atoms with Gasteiger partial charge in [-0.25, -0.2) is 4.39 Å². The summed E-state index contributed by atoms with van der Waals surface area (Å²) in [4.78, 5) is 12.0. The van der Waals surface area contributed by atoms with Gasteiger partial charge in [-0.3, -0.25) is 4.79 Å². The fourth-order valence-corrected chi connectivity index (χ4v) is 2.91. The van der Waals surface area contributed by atoms with Crippen LogP contribution in [0, 0.1) is 5.82 Å². The van der Waals surface area contributed by atoms with Crippen LogP contribution >= 0.6 is 23.2 Å². The lowest BCUT2D eigenvalue weighted by atomic mass is 10.1. The van der Waals surface area contributed by atoms with Gasteiger partial charge in [-0.2, -0.15) is 0 Å². The minimum atomic E-state index is -0.500. The van der Waals surface area contributed by atoms with E-state index in [1.807, 2.05) is 0 Å². The van der Waals surface area contributed by atoms with Crippen LogP contribution in [0.25, 0.3) is 0 Å². The zero-order valence-corrected chi connectivity index (χ0v) is 14.1. The van der Waals surface area contributed by atoms with E-state index in [1.165, 1.54) is 12.1 Å². The molecule has 0 saturated heterocycles. The van der Waals surface area contributed by atoms with Crippen molar-refractivity contribution in [1.82, 2.24) is 5.32 Å². The highest BCUT2D eigenvalue weighted by Gasteiger charge is 2.17. The van der Waals surface area contributed by atoms with Gasteiger partial charge < -0.3 is 14.8 Å². The van der Waals surface area contributed by atoms with Gasteiger partial charge in [-0.1, -0.05) is 29.3 Å². The topological polar surface area (TPSA) is 47.6 Å². The van der Waals surface area contributed by atoms with E-state index < -0.39 is 5.82 Å². The van der Waals surface area contributed by atoms with Gasteiger partial charge in [0.15, 0.2) is 11.5 Å². The number of carbonyl (C=O) groups is 1. The number of ether oxygens (including phenoxy) is 2. The van der Waals surface area contributed by atoms with Crippen molar-refractivity contribution in [1.29, 1.82) is 0 Å². The number of benzene rings is 2. The van der Waals surface area contributed by atoms with Gasteiger partial charge in [0.1, 0.15) is 19.0 Å². The summed E-state index contributed by atoms with van der Waals surface area (Å²) in [7, 11) is 0. The van der Waals surface area contributed by atoms with Gasteiger partial charge in [-0.05, 0) is 29.8 Å². The van der Waals surface area contributed by atoms with Crippen LogP contribution < -0.4 is 14.8 Å². The SMILES string of the molecule is O=C(Cc1c(F)cccc1Cl)NCc1cc(Cl)c2c(c1)OCCO2. The largest absolute Gasteiger partial charge is 0.486 e. The van der Waals surface area contributed by atoms with Crippen molar-refractivity contribution in [3.8, 4) is 11.5 Å². The van der Waals surface area contributed by atoms with Gasteiger partial charge in [0.05, 0.1) is 11.4 Å². The third-order valence-corrected chi connectivity index (χ3v) is 4.18. The quantitative estimate of drug-likeness (QED) is 0.892. The molecule has 7 heteroatoms. The zero-order chi connectivity index (χ0) is 17.1. The molecule has 0 saturated carbocycles. The maximum absolute atomic E-state index is 13.7. The summed E-state index contributed by atoms with van der Waals surface area (Å²) in [5.74, 6) is 0.222. The molecule has 0 spiro atoms. The highest BCUT2D eigenvalue weighted by atomic mass is 35.5. The molecule has 24 heavy (non-hydrogen) atoms. The number of nitrogens with one attached hydrogen (secondary N) is 1. The summed E-state index contributed by atoms with van der Waals surface area (Å²) in [6.07, 6.45) is -0.135. The van der Waals surface area contributed by atoms with Crippen molar-refractivity contribution in [2.75, 3.05) is 13.2 Å². The molecule has 3 rings (SSSR count). The Labute approximate surface area is 148 Å². The maximum Gasteiger partial charge on any atom is 0.224 e. The predicted octanol–water partition coefficient (Wildman–Crippen LogP) is 3.76. The molecule has 4 nitrogen and oxygen atoms in total. The van der Waals surface area contributed by atoms with Crippen molar-refractivity contribution < 1.29 is 18.7 Å². The molecular weight excluding hydrogens is 356 g/mol. The summed E-state index contributed by atoms with van der Waals surface area (Å²) in [6.45, 7) is 1.14. The fourth-order valence-electron chi connectivity index (χ4n) is 2.39. The second-order valence-corrected chi connectivity index (χ2v) is 6.07. The van der Waals surface area contributed by atoms with Crippen molar-refractivity contribution in [3.05, 3.63) is 57.3 Å². The molecule has 1 N–H and O–H groups in total. The van der Waals surface area contributed by atoms with Crippen molar-refractivity contribution in [2.45, 2.75) is 13.0 Å². The van der Waals surface area contributed by atoms with Gasteiger partial charge in [0.25, 0.3) is 0 Å². The van der Waals surface area contributed by atoms with Crippen LogP contribution in [-0.2, 0) is 17.8 Å². The normalized spacial score (nSPS) is 12.8.